The van der Waals surface area contributed by atoms with Crippen LogP contribution >= 0.6 is 0 Å². The minimum Gasteiger partial charge on any atom is -0.397 e. The molecule has 1 aliphatic carbocycles. The standard InChI is InChI=1S/C11H16N2O/c12-9-3-1-2-4-10(9)13-7-11(14)8-5-6-8/h1-4,8,11,13-14H,5-7,12H2. The minimum atomic E-state index is -0.227. The molecule has 0 heterocycles. The van der Waals surface area contributed by atoms with Gasteiger partial charge in [0.1, 0.15) is 0 Å². The fourth-order valence-corrected chi connectivity index (χ4v) is 1.52. The van der Waals surface area contributed by atoms with Crippen LogP contribution in [0, 0.1) is 5.92 Å². The van der Waals surface area contributed by atoms with Gasteiger partial charge in [-0.3, -0.25) is 0 Å². The van der Waals surface area contributed by atoms with Gasteiger partial charge in [-0.15, -0.1) is 0 Å². The second kappa shape index (κ2) is 3.88. The molecule has 0 saturated heterocycles. The van der Waals surface area contributed by atoms with Crippen LogP contribution in [-0.2, 0) is 0 Å². The van der Waals surface area contributed by atoms with Crippen LogP contribution in [0.1, 0.15) is 12.8 Å². The summed E-state index contributed by atoms with van der Waals surface area (Å²) in [4.78, 5) is 0. The molecule has 2 rings (SSSR count). The number of para-hydroxylation sites is 2. The van der Waals surface area contributed by atoms with Gasteiger partial charge < -0.3 is 16.2 Å². The number of nitrogens with two attached hydrogens (primary N) is 1. The topological polar surface area (TPSA) is 58.3 Å². The molecule has 1 saturated carbocycles. The predicted octanol–water partition coefficient (Wildman–Crippen LogP) is 1.45. The zero-order valence-corrected chi connectivity index (χ0v) is 8.11. The van der Waals surface area contributed by atoms with Crippen molar-refractivity contribution in [1.82, 2.24) is 0 Å². The third-order valence-electron chi connectivity index (χ3n) is 2.63. The van der Waals surface area contributed by atoms with Gasteiger partial charge in [0.15, 0.2) is 0 Å². The average Bonchev–Trinajstić information content (AvgIpc) is 2.99. The maximum atomic E-state index is 9.64. The SMILES string of the molecule is Nc1ccccc1NCC(O)C1CC1. The summed E-state index contributed by atoms with van der Waals surface area (Å²) in [5.41, 5.74) is 7.40. The van der Waals surface area contributed by atoms with Gasteiger partial charge in [-0.25, -0.2) is 0 Å². The summed E-state index contributed by atoms with van der Waals surface area (Å²) in [7, 11) is 0. The maximum absolute atomic E-state index is 9.64. The van der Waals surface area contributed by atoms with Gasteiger partial charge >= 0.3 is 0 Å². The van der Waals surface area contributed by atoms with Crippen LogP contribution in [0.5, 0.6) is 0 Å². The number of nitrogen functional groups attached to an aromatic ring is 1. The Balaban J connectivity index is 1.87. The van der Waals surface area contributed by atoms with Gasteiger partial charge in [0.2, 0.25) is 0 Å². The van der Waals surface area contributed by atoms with Crippen LogP contribution in [0.15, 0.2) is 24.3 Å². The number of hydrogen-bond acceptors (Lipinski definition) is 3. The smallest absolute Gasteiger partial charge is 0.0740 e. The van der Waals surface area contributed by atoms with Gasteiger partial charge in [-0.2, -0.15) is 0 Å². The van der Waals surface area contributed by atoms with Crippen molar-refractivity contribution >= 4 is 11.4 Å². The van der Waals surface area contributed by atoms with E-state index in [1.54, 1.807) is 0 Å². The van der Waals surface area contributed by atoms with E-state index in [0.29, 0.717) is 12.5 Å². The number of nitrogens with one attached hydrogen (secondary N) is 1. The number of hydrogen-bond donors (Lipinski definition) is 3. The van der Waals surface area contributed by atoms with Crippen molar-refractivity contribution in [2.45, 2.75) is 18.9 Å². The molecule has 4 N–H and O–H groups in total. The second-order valence-electron chi connectivity index (χ2n) is 3.87. The monoisotopic (exact) mass is 192 g/mol. The van der Waals surface area contributed by atoms with Crippen molar-refractivity contribution in [3.63, 3.8) is 0 Å². The van der Waals surface area contributed by atoms with E-state index in [0.717, 1.165) is 24.2 Å². The molecular formula is C11H16N2O. The summed E-state index contributed by atoms with van der Waals surface area (Å²) in [6.07, 6.45) is 2.09. The summed E-state index contributed by atoms with van der Waals surface area (Å²) >= 11 is 0. The molecule has 1 aromatic carbocycles. The molecule has 0 bridgehead atoms. The van der Waals surface area contributed by atoms with Crippen LogP contribution in [0.3, 0.4) is 0 Å². The molecule has 0 amide bonds. The number of anilines is 2. The van der Waals surface area contributed by atoms with Crippen LogP contribution in [0.2, 0.25) is 0 Å². The number of rotatable bonds is 4. The van der Waals surface area contributed by atoms with E-state index in [1.807, 2.05) is 24.3 Å². The molecule has 0 aromatic heterocycles. The van der Waals surface area contributed by atoms with Crippen molar-refractivity contribution in [3.05, 3.63) is 24.3 Å². The zero-order chi connectivity index (χ0) is 9.97. The summed E-state index contributed by atoms with van der Waals surface area (Å²) < 4.78 is 0. The lowest BCUT2D eigenvalue weighted by molar-refractivity contribution is 0.164. The highest BCUT2D eigenvalue weighted by atomic mass is 16.3. The van der Waals surface area contributed by atoms with E-state index >= 15 is 0 Å². The molecular weight excluding hydrogens is 176 g/mol. The summed E-state index contributed by atoms with van der Waals surface area (Å²) in [5.74, 6) is 0.507. The first-order valence-corrected chi connectivity index (χ1v) is 5.04. The first kappa shape index (κ1) is 9.34. The Morgan fingerprint density at radius 2 is 2.14 bits per heavy atom. The number of aliphatic hydroxyl groups is 1. The molecule has 0 radical (unpaired) electrons. The Morgan fingerprint density at radius 3 is 2.79 bits per heavy atom. The Morgan fingerprint density at radius 1 is 1.43 bits per heavy atom. The Kier molecular flexibility index (Phi) is 2.59. The van der Waals surface area contributed by atoms with Crippen molar-refractivity contribution in [2.75, 3.05) is 17.6 Å². The zero-order valence-electron chi connectivity index (χ0n) is 8.11. The summed E-state index contributed by atoms with van der Waals surface area (Å²) in [5, 5.41) is 12.8. The van der Waals surface area contributed by atoms with Crippen LogP contribution < -0.4 is 11.1 Å². The third kappa shape index (κ3) is 2.17. The quantitative estimate of drug-likeness (QED) is 0.633. The van der Waals surface area contributed by atoms with Gasteiger partial charge in [0.05, 0.1) is 17.5 Å². The fourth-order valence-electron chi connectivity index (χ4n) is 1.52. The first-order chi connectivity index (χ1) is 6.77. The van der Waals surface area contributed by atoms with E-state index in [-0.39, 0.29) is 6.10 Å². The highest BCUT2D eigenvalue weighted by molar-refractivity contribution is 5.65. The van der Waals surface area contributed by atoms with E-state index in [9.17, 15) is 5.11 Å². The largest absolute Gasteiger partial charge is 0.397 e. The molecule has 3 heteroatoms. The Hall–Kier alpha value is -1.22. The lowest BCUT2D eigenvalue weighted by Gasteiger charge is -2.13. The predicted molar refractivity (Wildman–Crippen MR) is 58.1 cm³/mol. The molecule has 3 nitrogen and oxygen atoms in total. The maximum Gasteiger partial charge on any atom is 0.0740 e. The Labute approximate surface area is 83.9 Å². The van der Waals surface area contributed by atoms with Crippen LogP contribution in [0.4, 0.5) is 11.4 Å². The summed E-state index contributed by atoms with van der Waals surface area (Å²) in [6, 6.07) is 7.61. The van der Waals surface area contributed by atoms with E-state index < -0.39 is 0 Å². The molecule has 1 aliphatic rings. The Bertz CT molecular complexity index is 310. The minimum absolute atomic E-state index is 0.227. The van der Waals surface area contributed by atoms with Gasteiger partial charge in [0, 0.05) is 6.54 Å². The van der Waals surface area contributed by atoms with Crippen molar-refractivity contribution in [1.29, 1.82) is 0 Å². The fraction of sp³-hybridized carbons (Fsp3) is 0.455. The molecule has 1 fully saturated rings. The lowest BCUT2D eigenvalue weighted by Crippen LogP contribution is -2.21. The molecule has 1 atom stereocenters. The highest BCUT2D eigenvalue weighted by Crippen LogP contribution is 2.32. The average molecular weight is 192 g/mol. The molecule has 0 aliphatic heterocycles. The van der Waals surface area contributed by atoms with Crippen molar-refractivity contribution < 1.29 is 5.11 Å². The number of benzene rings is 1. The van der Waals surface area contributed by atoms with E-state index in [4.69, 9.17) is 5.73 Å². The van der Waals surface area contributed by atoms with E-state index in [1.165, 1.54) is 0 Å². The molecule has 0 spiro atoms. The van der Waals surface area contributed by atoms with E-state index in [2.05, 4.69) is 5.32 Å². The van der Waals surface area contributed by atoms with Crippen LogP contribution in [-0.4, -0.2) is 17.8 Å². The molecule has 14 heavy (non-hydrogen) atoms. The molecule has 1 aromatic rings. The number of aliphatic hydroxyl groups excluding tert-OH is 1. The second-order valence-corrected chi connectivity index (χ2v) is 3.87. The molecule has 76 valence electrons. The van der Waals surface area contributed by atoms with Gasteiger partial charge in [-0.1, -0.05) is 12.1 Å². The van der Waals surface area contributed by atoms with Crippen LogP contribution in [0.25, 0.3) is 0 Å². The highest BCUT2D eigenvalue weighted by Gasteiger charge is 2.29. The third-order valence-corrected chi connectivity index (χ3v) is 2.63. The normalized spacial score (nSPS) is 17.8. The molecule has 1 unspecified atom stereocenters. The summed E-state index contributed by atoms with van der Waals surface area (Å²) in [6.45, 7) is 0.596. The lowest BCUT2D eigenvalue weighted by atomic mass is 10.2. The first-order valence-electron chi connectivity index (χ1n) is 5.04. The van der Waals surface area contributed by atoms with Gasteiger partial charge in [-0.05, 0) is 30.9 Å². The van der Waals surface area contributed by atoms with Crippen molar-refractivity contribution in [2.24, 2.45) is 5.92 Å². The van der Waals surface area contributed by atoms with Gasteiger partial charge in [0.25, 0.3) is 0 Å². The van der Waals surface area contributed by atoms with Crippen molar-refractivity contribution in [3.8, 4) is 0 Å².